The van der Waals surface area contributed by atoms with E-state index in [2.05, 4.69) is 5.32 Å². The maximum absolute atomic E-state index is 11.9. The van der Waals surface area contributed by atoms with Crippen molar-refractivity contribution >= 4 is 18.0 Å². The molecule has 1 fully saturated rings. The molecule has 7 heteroatoms. The van der Waals surface area contributed by atoms with Gasteiger partial charge < -0.3 is 19.9 Å². The largest absolute Gasteiger partial charge is 0.481 e. The summed E-state index contributed by atoms with van der Waals surface area (Å²) in [4.78, 5) is 34.6. The first-order valence-electron chi connectivity index (χ1n) is 9.20. The molecule has 1 atom stereocenters. The van der Waals surface area contributed by atoms with Crippen LogP contribution in [-0.2, 0) is 19.1 Å². The zero-order valence-electron chi connectivity index (χ0n) is 15.5. The average Bonchev–Trinajstić information content (AvgIpc) is 2.57. The topological polar surface area (TPSA) is 102 Å². The molecule has 1 aliphatic carbocycles. The number of alkyl carbamates (subject to hydrolysis) is 1. The minimum Gasteiger partial charge on any atom is -0.481 e. The number of carbonyl (C=O) groups excluding carboxylic acids is 2. The maximum Gasteiger partial charge on any atom is 0.410 e. The molecule has 1 unspecified atom stereocenters. The molecule has 0 aromatic heterocycles. The van der Waals surface area contributed by atoms with Crippen molar-refractivity contribution < 1.29 is 29.0 Å². The lowest BCUT2D eigenvalue weighted by Crippen LogP contribution is -2.37. The van der Waals surface area contributed by atoms with Gasteiger partial charge in [-0.2, -0.15) is 0 Å². The zero-order valence-corrected chi connectivity index (χ0v) is 15.5. The van der Waals surface area contributed by atoms with Gasteiger partial charge in [-0.05, 0) is 38.0 Å². The van der Waals surface area contributed by atoms with Gasteiger partial charge in [0, 0.05) is 18.9 Å². The fourth-order valence-electron chi connectivity index (χ4n) is 2.79. The number of esters is 1. The number of hydrogen-bond donors (Lipinski definition) is 2. The highest BCUT2D eigenvalue weighted by molar-refractivity contribution is 5.71. The molecule has 2 N–H and O–H groups in total. The third-order valence-electron chi connectivity index (χ3n) is 4.48. The van der Waals surface area contributed by atoms with E-state index >= 15 is 0 Å². The molecule has 7 nitrogen and oxygen atoms in total. The SMILES string of the molecule is CCCCC(=O)OC(OC(=O)NCC1CCC(C(=O)O)CC1)C(C)C. The second-order valence-electron chi connectivity index (χ2n) is 7.05. The number of carbonyl (C=O) groups is 3. The monoisotopic (exact) mass is 357 g/mol. The lowest BCUT2D eigenvalue weighted by molar-refractivity contribution is -0.175. The minimum atomic E-state index is -0.896. The number of unbranched alkanes of at least 4 members (excludes halogenated alkanes) is 1. The quantitative estimate of drug-likeness (QED) is 0.485. The predicted molar refractivity (Wildman–Crippen MR) is 91.8 cm³/mol. The van der Waals surface area contributed by atoms with Crippen LogP contribution in [0.25, 0.3) is 0 Å². The highest BCUT2D eigenvalue weighted by atomic mass is 16.7. The molecule has 0 aromatic carbocycles. The summed E-state index contributed by atoms with van der Waals surface area (Å²) in [5.74, 6) is -1.25. The first-order valence-corrected chi connectivity index (χ1v) is 9.20. The molecule has 1 aliphatic rings. The summed E-state index contributed by atoms with van der Waals surface area (Å²) < 4.78 is 10.5. The molecule has 25 heavy (non-hydrogen) atoms. The van der Waals surface area contributed by atoms with Crippen LogP contribution in [0.3, 0.4) is 0 Å². The van der Waals surface area contributed by atoms with Crippen LogP contribution in [-0.4, -0.2) is 36.0 Å². The van der Waals surface area contributed by atoms with Gasteiger partial charge in [-0.25, -0.2) is 4.79 Å². The van der Waals surface area contributed by atoms with E-state index in [0.717, 1.165) is 25.7 Å². The summed E-state index contributed by atoms with van der Waals surface area (Å²) in [7, 11) is 0. The molecular formula is C18H31NO6. The molecule has 0 spiro atoms. The summed E-state index contributed by atoms with van der Waals surface area (Å²) in [6.07, 6.45) is 3.28. The number of hydrogen-bond acceptors (Lipinski definition) is 5. The Morgan fingerprint density at radius 1 is 1.12 bits per heavy atom. The van der Waals surface area contributed by atoms with Crippen LogP contribution in [0.5, 0.6) is 0 Å². The van der Waals surface area contributed by atoms with Crippen molar-refractivity contribution in [2.45, 2.75) is 72.0 Å². The number of carboxylic acids is 1. The number of rotatable bonds is 9. The van der Waals surface area contributed by atoms with Gasteiger partial charge in [-0.3, -0.25) is 9.59 Å². The molecular weight excluding hydrogens is 326 g/mol. The molecule has 0 aromatic rings. The van der Waals surface area contributed by atoms with E-state index < -0.39 is 18.4 Å². The van der Waals surface area contributed by atoms with Gasteiger partial charge >= 0.3 is 18.0 Å². The molecule has 0 saturated heterocycles. The lowest BCUT2D eigenvalue weighted by atomic mass is 9.82. The molecule has 1 amide bonds. The number of nitrogens with one attached hydrogen (secondary N) is 1. The van der Waals surface area contributed by atoms with Gasteiger partial charge in [0.15, 0.2) is 0 Å². The summed E-state index contributed by atoms with van der Waals surface area (Å²) in [5.41, 5.74) is 0. The van der Waals surface area contributed by atoms with Crippen LogP contribution >= 0.6 is 0 Å². The highest BCUT2D eigenvalue weighted by Crippen LogP contribution is 2.28. The Morgan fingerprint density at radius 3 is 2.28 bits per heavy atom. The van der Waals surface area contributed by atoms with Crippen molar-refractivity contribution in [3.8, 4) is 0 Å². The highest BCUT2D eigenvalue weighted by Gasteiger charge is 2.27. The van der Waals surface area contributed by atoms with E-state index in [1.54, 1.807) is 0 Å². The van der Waals surface area contributed by atoms with Gasteiger partial charge in [-0.15, -0.1) is 0 Å². The first kappa shape index (κ1) is 21.3. The molecule has 0 heterocycles. The van der Waals surface area contributed by atoms with Crippen LogP contribution in [0, 0.1) is 17.8 Å². The van der Waals surface area contributed by atoms with E-state index in [1.165, 1.54) is 0 Å². The molecule has 0 radical (unpaired) electrons. The van der Waals surface area contributed by atoms with E-state index in [0.29, 0.717) is 25.8 Å². The smallest absolute Gasteiger partial charge is 0.410 e. The second kappa shape index (κ2) is 10.9. The Bertz CT molecular complexity index is 443. The van der Waals surface area contributed by atoms with E-state index in [-0.39, 0.29) is 23.7 Å². The second-order valence-corrected chi connectivity index (χ2v) is 7.05. The number of carboxylic acid groups (broad SMARTS) is 1. The van der Waals surface area contributed by atoms with E-state index in [9.17, 15) is 14.4 Å². The lowest BCUT2D eigenvalue weighted by Gasteiger charge is -2.26. The van der Waals surface area contributed by atoms with E-state index in [4.69, 9.17) is 14.6 Å². The Balaban J connectivity index is 2.33. The number of aliphatic carboxylic acids is 1. The summed E-state index contributed by atoms with van der Waals surface area (Å²) in [6.45, 7) is 6.07. The summed E-state index contributed by atoms with van der Waals surface area (Å²) in [6, 6.07) is 0. The third-order valence-corrected chi connectivity index (χ3v) is 4.48. The zero-order chi connectivity index (χ0) is 18.8. The Labute approximate surface area is 149 Å². The van der Waals surface area contributed by atoms with Crippen LogP contribution in [0.4, 0.5) is 4.79 Å². The Morgan fingerprint density at radius 2 is 1.76 bits per heavy atom. The number of amides is 1. The average molecular weight is 357 g/mol. The van der Waals surface area contributed by atoms with Crippen molar-refractivity contribution in [3.63, 3.8) is 0 Å². The molecule has 0 aliphatic heterocycles. The van der Waals surface area contributed by atoms with Gasteiger partial charge in [-0.1, -0.05) is 27.2 Å². The van der Waals surface area contributed by atoms with Crippen molar-refractivity contribution in [2.75, 3.05) is 6.54 Å². The van der Waals surface area contributed by atoms with Gasteiger partial charge in [0.1, 0.15) is 0 Å². The Kier molecular flexibility index (Phi) is 9.31. The minimum absolute atomic E-state index is 0.137. The van der Waals surface area contributed by atoms with E-state index in [1.807, 2.05) is 20.8 Å². The predicted octanol–water partition coefficient (Wildman–Crippen LogP) is 3.32. The van der Waals surface area contributed by atoms with Crippen LogP contribution in [0.1, 0.15) is 65.7 Å². The van der Waals surface area contributed by atoms with Crippen LogP contribution < -0.4 is 5.32 Å². The van der Waals surface area contributed by atoms with Crippen molar-refractivity contribution in [1.82, 2.24) is 5.32 Å². The van der Waals surface area contributed by atoms with Gasteiger partial charge in [0.2, 0.25) is 0 Å². The molecule has 144 valence electrons. The fraction of sp³-hybridized carbons (Fsp3) is 0.833. The van der Waals surface area contributed by atoms with Crippen molar-refractivity contribution in [1.29, 1.82) is 0 Å². The van der Waals surface area contributed by atoms with Gasteiger partial charge in [0.05, 0.1) is 5.92 Å². The maximum atomic E-state index is 11.9. The van der Waals surface area contributed by atoms with Crippen LogP contribution in [0.15, 0.2) is 0 Å². The van der Waals surface area contributed by atoms with Gasteiger partial charge in [0.25, 0.3) is 6.29 Å². The van der Waals surface area contributed by atoms with Crippen molar-refractivity contribution in [2.24, 2.45) is 17.8 Å². The molecule has 0 bridgehead atoms. The summed E-state index contributed by atoms with van der Waals surface area (Å²) in [5, 5.41) is 11.7. The fourth-order valence-corrected chi connectivity index (χ4v) is 2.79. The molecule has 1 rings (SSSR count). The first-order chi connectivity index (χ1) is 11.8. The normalized spacial score (nSPS) is 21.4. The van der Waals surface area contributed by atoms with Crippen molar-refractivity contribution in [3.05, 3.63) is 0 Å². The van der Waals surface area contributed by atoms with Crippen LogP contribution in [0.2, 0.25) is 0 Å². The third kappa shape index (κ3) is 8.23. The Hall–Kier alpha value is -1.79. The summed E-state index contributed by atoms with van der Waals surface area (Å²) >= 11 is 0. The standard InChI is InChI=1S/C18H31NO6/c1-4-5-6-15(20)24-17(12(2)3)25-18(23)19-11-13-7-9-14(10-8-13)16(21)22/h12-14,17H,4-11H2,1-3H3,(H,19,23)(H,21,22). The molecule has 1 saturated carbocycles. The number of ether oxygens (including phenoxy) is 2.